The van der Waals surface area contributed by atoms with Gasteiger partial charge in [0, 0.05) is 6.20 Å². The van der Waals surface area contributed by atoms with Gasteiger partial charge in [0.25, 0.3) is 5.56 Å². The first-order valence-electron chi connectivity index (χ1n) is 9.69. The summed E-state index contributed by atoms with van der Waals surface area (Å²) in [7, 11) is -17.1. The lowest BCUT2D eigenvalue weighted by Crippen LogP contribution is -2.47. The van der Waals surface area contributed by atoms with Crippen LogP contribution in [0, 0.1) is 11.8 Å². The second-order valence-electron chi connectivity index (χ2n) is 7.47. The van der Waals surface area contributed by atoms with E-state index in [-0.39, 0.29) is 17.0 Å². The number of aliphatic hydroxyl groups is 2. The van der Waals surface area contributed by atoms with Crippen molar-refractivity contribution in [2.75, 3.05) is 12.4 Å². The van der Waals surface area contributed by atoms with Gasteiger partial charge >= 0.3 is 23.5 Å². The molecule has 2 aromatic rings. The number of anilines is 1. The van der Waals surface area contributed by atoms with Crippen LogP contribution in [0.1, 0.15) is 13.2 Å². The van der Waals surface area contributed by atoms with Gasteiger partial charge in [-0.25, -0.2) is 18.1 Å². The SMILES string of the molecule is C[C@H](OP(=O)(O)OP(=O)(O)OP(=O)(O)O)[C@H]1O[C@@H](n2ccc3c(=O)[nH]c(N)nc32)C(O)(C#CCF)[C@H]1O. The number of fused-ring (bicyclic) bond motifs is 1. The van der Waals surface area contributed by atoms with Crippen LogP contribution in [-0.4, -0.2) is 74.9 Å². The number of aromatic nitrogens is 3. The van der Waals surface area contributed by atoms with Crippen LogP contribution in [0.15, 0.2) is 17.1 Å². The molecule has 0 aromatic carbocycles. The average molecular weight is 592 g/mol. The van der Waals surface area contributed by atoms with E-state index >= 15 is 0 Å². The molecule has 0 aliphatic carbocycles. The van der Waals surface area contributed by atoms with Crippen LogP contribution in [0.5, 0.6) is 0 Å². The van der Waals surface area contributed by atoms with E-state index in [2.05, 4.69) is 29.0 Å². The Balaban J connectivity index is 1.95. The Bertz CT molecular complexity index is 1450. The van der Waals surface area contributed by atoms with E-state index in [1.165, 1.54) is 12.3 Å². The summed E-state index contributed by atoms with van der Waals surface area (Å²) in [6, 6.07) is 1.25. The summed E-state index contributed by atoms with van der Waals surface area (Å²) < 4.78 is 65.8. The fourth-order valence-corrected chi connectivity index (χ4v) is 6.70. The summed E-state index contributed by atoms with van der Waals surface area (Å²) in [4.78, 5) is 54.6. The zero-order valence-corrected chi connectivity index (χ0v) is 21.0. The minimum absolute atomic E-state index is 0.0298. The molecule has 22 heteroatoms. The van der Waals surface area contributed by atoms with Gasteiger partial charge in [-0.3, -0.25) is 14.3 Å². The second kappa shape index (κ2) is 10.3. The van der Waals surface area contributed by atoms with Crippen molar-refractivity contribution in [2.45, 2.75) is 37.1 Å². The molecule has 7 atom stereocenters. The number of nitrogens with two attached hydrogens (primary N) is 1. The maximum absolute atomic E-state index is 12.8. The van der Waals surface area contributed by atoms with Gasteiger partial charge < -0.3 is 44.8 Å². The molecule has 1 aliphatic heterocycles. The number of H-pyrrole nitrogens is 1. The number of aliphatic hydroxyl groups excluding tert-OH is 1. The van der Waals surface area contributed by atoms with Gasteiger partial charge in [-0.05, 0) is 13.0 Å². The highest BCUT2D eigenvalue weighted by molar-refractivity contribution is 7.66. The van der Waals surface area contributed by atoms with Crippen molar-refractivity contribution in [1.82, 2.24) is 14.5 Å². The molecule has 2 aromatic heterocycles. The maximum atomic E-state index is 12.8. The third-order valence-electron chi connectivity index (χ3n) is 4.81. The predicted octanol–water partition coefficient (Wildman–Crippen LogP) is -0.999. The number of nitrogen functional groups attached to an aromatic ring is 1. The van der Waals surface area contributed by atoms with Gasteiger partial charge in [0.1, 0.15) is 18.9 Å². The normalized spacial score (nSPS) is 28.3. The van der Waals surface area contributed by atoms with Crippen LogP contribution in [0.4, 0.5) is 10.3 Å². The van der Waals surface area contributed by atoms with Gasteiger partial charge in [0.05, 0.1) is 11.5 Å². The number of nitrogens with one attached hydrogen (secondary N) is 1. The topological polar surface area (TPSA) is 286 Å². The van der Waals surface area contributed by atoms with Crippen LogP contribution in [0.3, 0.4) is 0 Å². The number of hydrogen-bond acceptors (Lipinski definition) is 12. The Morgan fingerprint density at radius 1 is 1.30 bits per heavy atom. The summed E-state index contributed by atoms with van der Waals surface area (Å²) in [5.41, 5.74) is 2.09. The monoisotopic (exact) mass is 592 g/mol. The Hall–Kier alpha value is -2.00. The maximum Gasteiger partial charge on any atom is 0.490 e. The molecule has 1 saturated heterocycles. The quantitative estimate of drug-likeness (QED) is 0.135. The predicted molar refractivity (Wildman–Crippen MR) is 118 cm³/mol. The molecule has 1 fully saturated rings. The number of phosphoric ester groups is 1. The van der Waals surface area contributed by atoms with Gasteiger partial charge in [-0.1, -0.05) is 11.8 Å². The number of aromatic amines is 1. The molecule has 3 rings (SSSR count). The lowest BCUT2D eigenvalue weighted by molar-refractivity contribution is -0.0829. The van der Waals surface area contributed by atoms with Gasteiger partial charge in [-0.15, -0.1) is 0 Å². The lowest BCUT2D eigenvalue weighted by Gasteiger charge is -2.27. The Kier molecular flexibility index (Phi) is 8.22. The van der Waals surface area contributed by atoms with E-state index in [9.17, 15) is 42.9 Å². The fraction of sp³-hybridized carbons (Fsp3) is 0.467. The molecule has 1 aliphatic rings. The number of alkyl halides is 1. The number of nitrogens with zero attached hydrogens (tertiary/aromatic N) is 2. The first-order valence-corrected chi connectivity index (χ1v) is 14.2. The van der Waals surface area contributed by atoms with E-state index in [1.807, 2.05) is 5.92 Å². The zero-order valence-electron chi connectivity index (χ0n) is 18.3. The van der Waals surface area contributed by atoms with E-state index in [0.29, 0.717) is 0 Å². The third-order valence-corrected chi connectivity index (χ3v) is 8.74. The van der Waals surface area contributed by atoms with Crippen molar-refractivity contribution in [1.29, 1.82) is 0 Å². The number of phosphoric acid groups is 3. The van der Waals surface area contributed by atoms with Crippen molar-refractivity contribution in [2.24, 2.45) is 0 Å². The van der Waals surface area contributed by atoms with Crippen LogP contribution in [-0.2, 0) is 31.6 Å². The smallest absolute Gasteiger partial charge is 0.386 e. The van der Waals surface area contributed by atoms with Crippen molar-refractivity contribution in [3.63, 3.8) is 0 Å². The highest BCUT2D eigenvalue weighted by Gasteiger charge is 2.58. The first kappa shape index (κ1) is 29.6. The molecule has 0 bridgehead atoms. The van der Waals surface area contributed by atoms with E-state index in [0.717, 1.165) is 11.5 Å². The van der Waals surface area contributed by atoms with Crippen LogP contribution < -0.4 is 11.3 Å². The molecule has 37 heavy (non-hydrogen) atoms. The van der Waals surface area contributed by atoms with Crippen molar-refractivity contribution in [3.05, 3.63) is 22.6 Å². The summed E-state index contributed by atoms with van der Waals surface area (Å²) in [6.07, 6.45) is -6.24. The number of ether oxygens (including phenoxy) is 1. The summed E-state index contributed by atoms with van der Waals surface area (Å²) in [5, 5.41) is 21.9. The van der Waals surface area contributed by atoms with Gasteiger partial charge in [0.15, 0.2) is 17.5 Å². The molecule has 3 unspecified atom stereocenters. The molecule has 206 valence electrons. The highest BCUT2D eigenvalue weighted by Crippen LogP contribution is 2.66. The zero-order chi connectivity index (χ0) is 28.0. The Labute approximate surface area is 205 Å². The van der Waals surface area contributed by atoms with Crippen LogP contribution in [0.25, 0.3) is 11.0 Å². The lowest BCUT2D eigenvalue weighted by atomic mass is 9.92. The largest absolute Gasteiger partial charge is 0.490 e. The number of halogens is 1. The second-order valence-corrected chi connectivity index (χ2v) is 11.8. The molecule has 3 heterocycles. The third kappa shape index (κ3) is 6.53. The first-order chi connectivity index (χ1) is 16.9. The van der Waals surface area contributed by atoms with E-state index in [4.69, 9.17) is 20.3 Å². The van der Waals surface area contributed by atoms with Crippen LogP contribution >= 0.6 is 23.5 Å². The van der Waals surface area contributed by atoms with Crippen molar-refractivity contribution >= 4 is 40.4 Å². The molecule has 0 spiro atoms. The average Bonchev–Trinajstić information content (AvgIpc) is 3.23. The molecule has 0 saturated carbocycles. The molecule has 18 nitrogen and oxygen atoms in total. The molecule has 0 radical (unpaired) electrons. The van der Waals surface area contributed by atoms with Crippen molar-refractivity contribution < 1.29 is 65.8 Å². The van der Waals surface area contributed by atoms with E-state index in [1.54, 1.807) is 0 Å². The van der Waals surface area contributed by atoms with Crippen LogP contribution in [0.2, 0.25) is 0 Å². The van der Waals surface area contributed by atoms with Gasteiger partial charge in [0.2, 0.25) is 5.95 Å². The minimum atomic E-state index is -5.84. The number of rotatable bonds is 8. The minimum Gasteiger partial charge on any atom is -0.386 e. The Morgan fingerprint density at radius 2 is 1.95 bits per heavy atom. The number of hydrogen-bond donors (Lipinski definition) is 8. The summed E-state index contributed by atoms with van der Waals surface area (Å²) >= 11 is 0. The molecular formula is C15H20FN4O14P3. The summed E-state index contributed by atoms with van der Waals surface area (Å²) in [6.45, 7) is -0.285. The Morgan fingerprint density at radius 3 is 2.54 bits per heavy atom. The standard InChI is InChI=1S/C15H20FN4O14P3/c1-7(32-36(27,28)34-37(29,30)33-35(24,25)26)9-10(21)15(23,4-2-5-16)13(31-9)20-6-3-8-11(20)18-14(17)19-12(8)22/h3,6-7,9-10,13,21,23H,5H2,1H3,(H,27,28)(H,29,30)(H2,24,25,26)(H3,17,18,19,22)/t7-,9+,10-,13+,15?/m0/s1. The van der Waals surface area contributed by atoms with Gasteiger partial charge in [-0.2, -0.15) is 13.6 Å². The van der Waals surface area contributed by atoms with Crippen molar-refractivity contribution in [3.8, 4) is 11.8 Å². The highest BCUT2D eigenvalue weighted by atomic mass is 31.3. The fourth-order valence-electron chi connectivity index (χ4n) is 3.50. The molecule has 0 amide bonds. The molecular weight excluding hydrogens is 572 g/mol. The summed E-state index contributed by atoms with van der Waals surface area (Å²) in [5.74, 6) is 3.68. The molecule has 9 N–H and O–H groups in total. The van der Waals surface area contributed by atoms with E-state index < -0.39 is 65.8 Å².